The first kappa shape index (κ1) is 21.7. The van der Waals surface area contributed by atoms with E-state index in [0.29, 0.717) is 24.3 Å². The van der Waals surface area contributed by atoms with Crippen LogP contribution in [0, 0.1) is 0 Å². The molecule has 0 aliphatic heterocycles. The van der Waals surface area contributed by atoms with Gasteiger partial charge in [0, 0.05) is 12.8 Å². The zero-order valence-electron chi connectivity index (χ0n) is 17.2. The van der Waals surface area contributed by atoms with Gasteiger partial charge in [0.2, 0.25) is 0 Å². The van der Waals surface area contributed by atoms with E-state index >= 15 is 0 Å². The Morgan fingerprint density at radius 3 is 1.39 bits per heavy atom. The lowest BCUT2D eigenvalue weighted by Gasteiger charge is -2.13. The van der Waals surface area contributed by atoms with Gasteiger partial charge in [-0.2, -0.15) is 0 Å². The molecule has 2 aromatic carbocycles. The number of hydrogen-bond acceptors (Lipinski definition) is 4. The van der Waals surface area contributed by atoms with Gasteiger partial charge in [-0.25, -0.2) is 0 Å². The van der Waals surface area contributed by atoms with Crippen molar-refractivity contribution in [2.45, 2.75) is 65.2 Å². The summed E-state index contributed by atoms with van der Waals surface area (Å²) in [7, 11) is 0. The summed E-state index contributed by atoms with van der Waals surface area (Å²) in [6, 6.07) is 15.2. The average Bonchev–Trinajstić information content (AvgIpc) is 2.65. The maximum absolute atomic E-state index is 12.1. The Morgan fingerprint density at radius 1 is 0.679 bits per heavy atom. The standard InChI is InChI=1S/C24H30O4/c1-17(2)19-11-5-7-13-21(19)27-23(25)15-9-10-16-24(26)28-22-14-8-6-12-20(22)18(3)4/h5-8,11-14,17-18H,9-10,15-16H2,1-4H3. The molecule has 0 saturated heterocycles. The molecular formula is C24H30O4. The monoisotopic (exact) mass is 382 g/mol. The summed E-state index contributed by atoms with van der Waals surface area (Å²) in [6.07, 6.45) is 1.73. The van der Waals surface area contributed by atoms with Crippen LogP contribution in [0.25, 0.3) is 0 Å². The number of hydrogen-bond donors (Lipinski definition) is 0. The molecule has 0 radical (unpaired) electrons. The molecule has 2 aromatic rings. The molecule has 4 nitrogen and oxygen atoms in total. The molecule has 0 bridgehead atoms. The SMILES string of the molecule is CC(C)c1ccccc1OC(=O)CCCCC(=O)Oc1ccccc1C(C)C. The molecule has 0 unspecified atom stereocenters. The first-order valence-corrected chi connectivity index (χ1v) is 9.97. The van der Waals surface area contributed by atoms with Crippen LogP contribution in [-0.2, 0) is 9.59 Å². The average molecular weight is 382 g/mol. The maximum atomic E-state index is 12.1. The third-order valence-corrected chi connectivity index (χ3v) is 4.54. The first-order chi connectivity index (χ1) is 13.4. The number of carbonyl (C=O) groups is 2. The predicted octanol–water partition coefficient (Wildman–Crippen LogP) is 6.00. The summed E-state index contributed by atoms with van der Waals surface area (Å²) < 4.78 is 11.0. The van der Waals surface area contributed by atoms with Crippen LogP contribution < -0.4 is 9.47 Å². The first-order valence-electron chi connectivity index (χ1n) is 9.97. The fraction of sp³-hybridized carbons (Fsp3) is 0.417. The summed E-state index contributed by atoms with van der Waals surface area (Å²) in [5.74, 6) is 1.26. The van der Waals surface area contributed by atoms with Crippen molar-refractivity contribution in [3.63, 3.8) is 0 Å². The van der Waals surface area contributed by atoms with Crippen LogP contribution in [-0.4, -0.2) is 11.9 Å². The molecule has 0 atom stereocenters. The van der Waals surface area contributed by atoms with E-state index < -0.39 is 0 Å². The number of carbonyl (C=O) groups excluding carboxylic acids is 2. The zero-order chi connectivity index (χ0) is 20.5. The van der Waals surface area contributed by atoms with E-state index in [4.69, 9.17) is 9.47 Å². The molecule has 0 heterocycles. The lowest BCUT2D eigenvalue weighted by atomic mass is 10.0. The molecule has 28 heavy (non-hydrogen) atoms. The van der Waals surface area contributed by atoms with Crippen molar-refractivity contribution in [2.24, 2.45) is 0 Å². The van der Waals surface area contributed by atoms with Crippen LogP contribution >= 0.6 is 0 Å². The third kappa shape index (κ3) is 6.52. The number of unbranched alkanes of at least 4 members (excludes halogenated alkanes) is 1. The van der Waals surface area contributed by atoms with Gasteiger partial charge in [0.25, 0.3) is 0 Å². The largest absolute Gasteiger partial charge is 0.426 e. The Hall–Kier alpha value is -2.62. The molecule has 0 N–H and O–H groups in total. The maximum Gasteiger partial charge on any atom is 0.311 e. The fourth-order valence-corrected chi connectivity index (χ4v) is 2.99. The van der Waals surface area contributed by atoms with Crippen molar-refractivity contribution in [2.75, 3.05) is 0 Å². The van der Waals surface area contributed by atoms with Crippen LogP contribution in [0.4, 0.5) is 0 Å². The van der Waals surface area contributed by atoms with Gasteiger partial charge in [-0.1, -0.05) is 64.1 Å². The highest BCUT2D eigenvalue weighted by atomic mass is 16.5. The number of rotatable bonds is 9. The number of ether oxygens (including phenoxy) is 2. The molecule has 0 fully saturated rings. The zero-order valence-corrected chi connectivity index (χ0v) is 17.2. The Labute approximate surface area is 167 Å². The van der Waals surface area contributed by atoms with E-state index in [-0.39, 0.29) is 36.6 Å². The van der Waals surface area contributed by atoms with Crippen LogP contribution in [0.1, 0.15) is 76.3 Å². The molecule has 0 aromatic heterocycles. The third-order valence-electron chi connectivity index (χ3n) is 4.54. The Morgan fingerprint density at radius 2 is 1.04 bits per heavy atom. The van der Waals surface area contributed by atoms with E-state index in [1.54, 1.807) is 0 Å². The molecule has 0 amide bonds. The molecule has 0 aliphatic carbocycles. The van der Waals surface area contributed by atoms with E-state index in [0.717, 1.165) is 11.1 Å². The van der Waals surface area contributed by atoms with E-state index in [1.165, 1.54) is 0 Å². The van der Waals surface area contributed by atoms with Gasteiger partial charge in [-0.15, -0.1) is 0 Å². The Kier molecular flexibility index (Phi) is 8.24. The number of esters is 2. The topological polar surface area (TPSA) is 52.6 Å². The quantitative estimate of drug-likeness (QED) is 0.303. The molecule has 150 valence electrons. The van der Waals surface area contributed by atoms with Crippen LogP contribution in [0.3, 0.4) is 0 Å². The van der Waals surface area contributed by atoms with E-state index in [9.17, 15) is 9.59 Å². The minimum absolute atomic E-state index is 0.272. The number of para-hydroxylation sites is 2. The van der Waals surface area contributed by atoms with Gasteiger partial charge in [0.1, 0.15) is 11.5 Å². The second-order valence-corrected chi connectivity index (χ2v) is 7.54. The minimum atomic E-state index is -0.272. The highest BCUT2D eigenvalue weighted by Gasteiger charge is 2.13. The summed E-state index contributed by atoms with van der Waals surface area (Å²) in [4.78, 5) is 24.2. The van der Waals surface area contributed by atoms with Gasteiger partial charge in [-0.05, 0) is 47.9 Å². The lowest BCUT2D eigenvalue weighted by molar-refractivity contribution is -0.136. The highest BCUT2D eigenvalue weighted by Crippen LogP contribution is 2.27. The molecule has 0 aliphatic rings. The van der Waals surface area contributed by atoms with Crippen molar-refractivity contribution >= 4 is 11.9 Å². The molecule has 0 spiro atoms. The smallest absolute Gasteiger partial charge is 0.311 e. The second-order valence-electron chi connectivity index (χ2n) is 7.54. The van der Waals surface area contributed by atoms with Gasteiger partial charge < -0.3 is 9.47 Å². The highest BCUT2D eigenvalue weighted by molar-refractivity contribution is 5.74. The number of benzene rings is 2. The fourth-order valence-electron chi connectivity index (χ4n) is 2.99. The molecule has 0 saturated carbocycles. The summed E-state index contributed by atoms with van der Waals surface area (Å²) in [5.41, 5.74) is 2.03. The second kappa shape index (κ2) is 10.6. The van der Waals surface area contributed by atoms with E-state index in [2.05, 4.69) is 27.7 Å². The van der Waals surface area contributed by atoms with Gasteiger partial charge in [0.15, 0.2) is 0 Å². The van der Waals surface area contributed by atoms with E-state index in [1.807, 2.05) is 48.5 Å². The summed E-state index contributed by atoms with van der Waals surface area (Å²) in [5, 5.41) is 0. The van der Waals surface area contributed by atoms with Crippen LogP contribution in [0.15, 0.2) is 48.5 Å². The predicted molar refractivity (Wildman–Crippen MR) is 111 cm³/mol. The normalized spacial score (nSPS) is 10.9. The van der Waals surface area contributed by atoms with Crippen molar-refractivity contribution in [3.05, 3.63) is 59.7 Å². The van der Waals surface area contributed by atoms with Crippen LogP contribution in [0.2, 0.25) is 0 Å². The minimum Gasteiger partial charge on any atom is -0.426 e. The Bertz CT molecular complexity index is 725. The molecular weight excluding hydrogens is 352 g/mol. The van der Waals surface area contributed by atoms with Crippen LogP contribution in [0.5, 0.6) is 11.5 Å². The van der Waals surface area contributed by atoms with Gasteiger partial charge >= 0.3 is 11.9 Å². The van der Waals surface area contributed by atoms with Crippen molar-refractivity contribution in [1.29, 1.82) is 0 Å². The lowest BCUT2D eigenvalue weighted by Crippen LogP contribution is -2.11. The van der Waals surface area contributed by atoms with Gasteiger partial charge in [-0.3, -0.25) is 9.59 Å². The van der Waals surface area contributed by atoms with Crippen molar-refractivity contribution in [3.8, 4) is 11.5 Å². The summed E-state index contributed by atoms with van der Waals surface area (Å²) >= 11 is 0. The van der Waals surface area contributed by atoms with Crippen molar-refractivity contribution in [1.82, 2.24) is 0 Å². The van der Waals surface area contributed by atoms with Crippen molar-refractivity contribution < 1.29 is 19.1 Å². The molecule has 2 rings (SSSR count). The Balaban J connectivity index is 1.76. The van der Waals surface area contributed by atoms with Gasteiger partial charge in [0.05, 0.1) is 0 Å². The molecule has 4 heteroatoms. The summed E-state index contributed by atoms with van der Waals surface area (Å²) in [6.45, 7) is 8.26.